The molecule has 2 rings (SSSR count). The van der Waals surface area contributed by atoms with E-state index in [-0.39, 0.29) is 17.7 Å². The second kappa shape index (κ2) is 8.50. The van der Waals surface area contributed by atoms with Crippen LogP contribution in [0.4, 0.5) is 0 Å². The molecule has 0 unspecified atom stereocenters. The van der Waals surface area contributed by atoms with Gasteiger partial charge >= 0.3 is 0 Å². The van der Waals surface area contributed by atoms with E-state index < -0.39 is 0 Å². The lowest BCUT2D eigenvalue weighted by molar-refractivity contribution is -0.124. The van der Waals surface area contributed by atoms with Crippen molar-refractivity contribution in [2.24, 2.45) is 5.92 Å². The van der Waals surface area contributed by atoms with Gasteiger partial charge in [0.25, 0.3) is 0 Å². The number of hydrazine groups is 1. The highest BCUT2D eigenvalue weighted by Gasteiger charge is 2.24. The summed E-state index contributed by atoms with van der Waals surface area (Å²) in [6.45, 7) is 4.04. The zero-order chi connectivity index (χ0) is 16.8. The third-order valence-corrected chi connectivity index (χ3v) is 4.64. The molecule has 1 fully saturated rings. The summed E-state index contributed by atoms with van der Waals surface area (Å²) in [4.78, 5) is 12.5. The fourth-order valence-electron chi connectivity index (χ4n) is 3.00. The highest BCUT2D eigenvalue weighted by atomic mass is 35.5. The van der Waals surface area contributed by atoms with E-state index >= 15 is 0 Å². The third kappa shape index (κ3) is 5.36. The predicted molar refractivity (Wildman–Crippen MR) is 98.3 cm³/mol. The number of hydrogen-bond donors (Lipinski definition) is 3. The smallest absolute Gasteiger partial charge is 0.246 e. The number of rotatable bonds is 4. The largest absolute Gasteiger partial charge is 0.359 e. The van der Waals surface area contributed by atoms with Gasteiger partial charge in [-0.1, -0.05) is 50.4 Å². The Hall–Kier alpha value is -1.33. The zero-order valence-corrected chi connectivity index (χ0v) is 15.1. The summed E-state index contributed by atoms with van der Waals surface area (Å²) in [6.07, 6.45) is 4.74. The SMILES string of the molecule is CC(C)[C@@H](C(=O)NNC(=S)NC1CCCC1)c1ccc(Cl)cc1. The second-order valence-electron chi connectivity index (χ2n) is 6.34. The van der Waals surface area contributed by atoms with Crippen LogP contribution in [0.1, 0.15) is 51.0 Å². The molecule has 0 saturated heterocycles. The predicted octanol–water partition coefficient (Wildman–Crippen LogP) is 3.52. The van der Waals surface area contributed by atoms with Gasteiger partial charge in [0.05, 0.1) is 5.92 Å². The van der Waals surface area contributed by atoms with Crippen molar-refractivity contribution in [2.45, 2.75) is 51.5 Å². The molecule has 23 heavy (non-hydrogen) atoms. The van der Waals surface area contributed by atoms with E-state index in [9.17, 15) is 4.79 Å². The Morgan fingerprint density at radius 2 is 1.78 bits per heavy atom. The van der Waals surface area contributed by atoms with Crippen LogP contribution in [-0.4, -0.2) is 17.1 Å². The normalized spacial score (nSPS) is 16.2. The molecule has 0 radical (unpaired) electrons. The molecule has 4 nitrogen and oxygen atoms in total. The molecular formula is C17H24ClN3OS. The minimum Gasteiger partial charge on any atom is -0.359 e. The van der Waals surface area contributed by atoms with E-state index in [4.69, 9.17) is 23.8 Å². The number of amides is 1. The van der Waals surface area contributed by atoms with Crippen LogP contribution in [0.25, 0.3) is 0 Å². The van der Waals surface area contributed by atoms with Gasteiger partial charge in [-0.15, -0.1) is 0 Å². The molecule has 0 spiro atoms. The van der Waals surface area contributed by atoms with Gasteiger partial charge in [0.2, 0.25) is 5.91 Å². The lowest BCUT2D eigenvalue weighted by Gasteiger charge is -2.22. The molecule has 1 atom stereocenters. The van der Waals surface area contributed by atoms with Crippen molar-refractivity contribution >= 4 is 34.8 Å². The fourth-order valence-corrected chi connectivity index (χ4v) is 3.34. The molecule has 1 saturated carbocycles. The first-order valence-electron chi connectivity index (χ1n) is 8.09. The van der Waals surface area contributed by atoms with E-state index in [0.29, 0.717) is 16.2 Å². The second-order valence-corrected chi connectivity index (χ2v) is 7.19. The topological polar surface area (TPSA) is 53.2 Å². The summed E-state index contributed by atoms with van der Waals surface area (Å²) >= 11 is 11.2. The first-order valence-corrected chi connectivity index (χ1v) is 8.88. The molecule has 1 aliphatic carbocycles. The van der Waals surface area contributed by atoms with E-state index in [1.54, 1.807) is 12.1 Å². The van der Waals surface area contributed by atoms with Crippen LogP contribution >= 0.6 is 23.8 Å². The molecule has 3 N–H and O–H groups in total. The summed E-state index contributed by atoms with van der Waals surface area (Å²) in [7, 11) is 0. The van der Waals surface area contributed by atoms with E-state index in [1.165, 1.54) is 12.8 Å². The first kappa shape index (κ1) is 18.0. The van der Waals surface area contributed by atoms with E-state index in [2.05, 4.69) is 16.2 Å². The van der Waals surface area contributed by atoms with Crippen molar-refractivity contribution in [3.8, 4) is 0 Å². The minimum absolute atomic E-state index is 0.0992. The third-order valence-electron chi connectivity index (χ3n) is 4.17. The van der Waals surface area contributed by atoms with Crippen molar-refractivity contribution in [3.05, 3.63) is 34.9 Å². The quantitative estimate of drug-likeness (QED) is 0.572. The van der Waals surface area contributed by atoms with Gasteiger partial charge in [-0.2, -0.15) is 0 Å². The summed E-state index contributed by atoms with van der Waals surface area (Å²) in [6, 6.07) is 7.81. The minimum atomic E-state index is -0.256. The van der Waals surface area contributed by atoms with Crippen LogP contribution in [0.5, 0.6) is 0 Å². The van der Waals surface area contributed by atoms with Crippen LogP contribution < -0.4 is 16.2 Å². The number of carbonyl (C=O) groups excluding carboxylic acids is 1. The molecule has 1 aromatic carbocycles. The Bertz CT molecular complexity index is 541. The van der Waals surface area contributed by atoms with Crippen molar-refractivity contribution in [3.63, 3.8) is 0 Å². The lowest BCUT2D eigenvalue weighted by Crippen LogP contribution is -2.50. The van der Waals surface area contributed by atoms with Gasteiger partial charge < -0.3 is 5.32 Å². The summed E-state index contributed by atoms with van der Waals surface area (Å²) in [5, 5.41) is 4.38. The molecule has 0 heterocycles. The van der Waals surface area contributed by atoms with Crippen molar-refractivity contribution < 1.29 is 4.79 Å². The molecule has 0 aromatic heterocycles. The molecule has 126 valence electrons. The monoisotopic (exact) mass is 353 g/mol. The number of thiocarbonyl (C=S) groups is 1. The van der Waals surface area contributed by atoms with Gasteiger partial charge in [0.15, 0.2) is 5.11 Å². The highest BCUT2D eigenvalue weighted by Crippen LogP contribution is 2.25. The molecule has 1 aromatic rings. The van der Waals surface area contributed by atoms with Gasteiger partial charge in [-0.05, 0) is 48.7 Å². The van der Waals surface area contributed by atoms with Crippen LogP contribution in [0.2, 0.25) is 5.02 Å². The standard InChI is InChI=1S/C17H24ClN3OS/c1-11(2)15(12-7-9-13(18)10-8-12)16(22)20-21-17(23)19-14-5-3-4-6-14/h7-11,14-15H,3-6H2,1-2H3,(H,20,22)(H2,19,21,23)/t15-/m1/s1. The zero-order valence-electron chi connectivity index (χ0n) is 13.6. The number of nitrogens with one attached hydrogen (secondary N) is 3. The Balaban J connectivity index is 1.90. The average molecular weight is 354 g/mol. The number of carbonyl (C=O) groups is 1. The molecule has 1 aliphatic rings. The maximum atomic E-state index is 12.5. The van der Waals surface area contributed by atoms with Gasteiger partial charge in [-0.3, -0.25) is 15.6 Å². The lowest BCUT2D eigenvalue weighted by atomic mass is 9.88. The maximum Gasteiger partial charge on any atom is 0.246 e. The molecule has 1 amide bonds. The van der Waals surface area contributed by atoms with Crippen LogP contribution in [0.3, 0.4) is 0 Å². The number of benzene rings is 1. The fraction of sp³-hybridized carbons (Fsp3) is 0.529. The average Bonchev–Trinajstić information content (AvgIpc) is 3.00. The molecular weight excluding hydrogens is 330 g/mol. The van der Waals surface area contributed by atoms with Crippen LogP contribution in [0, 0.1) is 5.92 Å². The first-order chi connectivity index (χ1) is 11.0. The summed E-state index contributed by atoms with van der Waals surface area (Å²) < 4.78 is 0. The van der Waals surface area contributed by atoms with Crippen molar-refractivity contribution in [1.82, 2.24) is 16.2 Å². The summed E-state index contributed by atoms with van der Waals surface area (Å²) in [5.41, 5.74) is 6.49. The van der Waals surface area contributed by atoms with Crippen molar-refractivity contribution in [2.75, 3.05) is 0 Å². The Kier molecular flexibility index (Phi) is 6.66. The van der Waals surface area contributed by atoms with Crippen LogP contribution in [0.15, 0.2) is 24.3 Å². The Morgan fingerprint density at radius 3 is 2.35 bits per heavy atom. The molecule has 0 bridgehead atoms. The van der Waals surface area contributed by atoms with Gasteiger partial charge in [0, 0.05) is 11.1 Å². The highest BCUT2D eigenvalue weighted by molar-refractivity contribution is 7.80. The van der Waals surface area contributed by atoms with Gasteiger partial charge in [0.1, 0.15) is 0 Å². The van der Waals surface area contributed by atoms with Crippen LogP contribution in [-0.2, 0) is 4.79 Å². The number of halogens is 1. The maximum absolute atomic E-state index is 12.5. The summed E-state index contributed by atoms with van der Waals surface area (Å²) in [5.74, 6) is -0.193. The van der Waals surface area contributed by atoms with Crippen molar-refractivity contribution in [1.29, 1.82) is 0 Å². The molecule has 0 aliphatic heterocycles. The van der Waals surface area contributed by atoms with E-state index in [0.717, 1.165) is 18.4 Å². The number of hydrogen-bond acceptors (Lipinski definition) is 2. The Morgan fingerprint density at radius 1 is 1.17 bits per heavy atom. The Labute approximate surface area is 148 Å². The van der Waals surface area contributed by atoms with Gasteiger partial charge in [-0.25, -0.2) is 0 Å². The van der Waals surface area contributed by atoms with E-state index in [1.807, 2.05) is 26.0 Å². The molecule has 6 heteroatoms.